The van der Waals surface area contributed by atoms with Gasteiger partial charge in [0.2, 0.25) is 0 Å². The Hall–Kier alpha value is -0.260. The van der Waals surface area contributed by atoms with E-state index in [9.17, 15) is 0 Å². The van der Waals surface area contributed by atoms with Gasteiger partial charge in [0.25, 0.3) is 0 Å². The summed E-state index contributed by atoms with van der Waals surface area (Å²) < 4.78 is 0. The first kappa shape index (κ1) is 18.8. The van der Waals surface area contributed by atoms with Crippen molar-refractivity contribution in [3.63, 3.8) is 0 Å². The minimum absolute atomic E-state index is 0.412. The fraction of sp³-hybridized carbons (Fsp3) is 0.905. The van der Waals surface area contributed by atoms with E-state index < -0.39 is 0 Å². The molecule has 0 heteroatoms. The largest absolute Gasteiger partial charge is 0.0990 e. The van der Waals surface area contributed by atoms with Gasteiger partial charge in [-0.25, -0.2) is 0 Å². The number of hydrogen-bond donors (Lipinski definition) is 0. The average Bonchev–Trinajstić information content (AvgIpc) is 2.91. The van der Waals surface area contributed by atoms with Crippen molar-refractivity contribution in [2.45, 2.75) is 75.2 Å². The van der Waals surface area contributed by atoms with Gasteiger partial charge in [0.15, 0.2) is 0 Å². The molecule has 0 aliphatic heterocycles. The molecule has 0 heterocycles. The predicted octanol–water partition coefficient (Wildman–Crippen LogP) is 6.82. The van der Waals surface area contributed by atoms with Crippen molar-refractivity contribution in [3.8, 4) is 0 Å². The van der Waals surface area contributed by atoms with Gasteiger partial charge in [-0.05, 0) is 59.7 Å². The van der Waals surface area contributed by atoms with Crippen molar-refractivity contribution >= 4 is 0 Å². The molecule has 0 N–H and O–H groups in total. The molecule has 1 fully saturated rings. The smallest absolute Gasteiger partial charge is 0.000532 e. The van der Waals surface area contributed by atoms with E-state index in [-0.39, 0.29) is 0 Å². The Kier molecular flexibility index (Phi) is 6.16. The van der Waals surface area contributed by atoms with Gasteiger partial charge in [0.05, 0.1) is 0 Å². The Morgan fingerprint density at radius 2 is 1.48 bits per heavy atom. The maximum Gasteiger partial charge on any atom is -0.000532 e. The van der Waals surface area contributed by atoms with Crippen LogP contribution in [-0.4, -0.2) is 0 Å². The molecule has 0 spiro atoms. The topological polar surface area (TPSA) is 0 Å². The maximum absolute atomic E-state index is 4.65. The number of rotatable bonds is 8. The molecule has 0 saturated heterocycles. The van der Waals surface area contributed by atoms with Gasteiger partial charge in [-0.15, -0.1) is 0 Å². The lowest BCUT2D eigenvalue weighted by Gasteiger charge is -2.33. The molecule has 0 aromatic carbocycles. The Morgan fingerprint density at radius 3 is 1.86 bits per heavy atom. The third-order valence-electron chi connectivity index (χ3n) is 6.34. The van der Waals surface area contributed by atoms with E-state index in [0.717, 1.165) is 35.5 Å². The van der Waals surface area contributed by atoms with Gasteiger partial charge in [0, 0.05) is 0 Å². The molecule has 1 aliphatic rings. The van der Waals surface area contributed by atoms with E-state index >= 15 is 0 Å². The zero-order chi connectivity index (χ0) is 16.5. The summed E-state index contributed by atoms with van der Waals surface area (Å²) in [5.41, 5.74) is 1.97. The third kappa shape index (κ3) is 3.57. The summed E-state index contributed by atoms with van der Waals surface area (Å²) in [6.07, 6.45) is 2.68. The molecule has 0 nitrogen and oxygen atoms in total. The fourth-order valence-corrected chi connectivity index (χ4v) is 5.13. The minimum atomic E-state index is 0.412. The Balaban J connectivity index is 2.90. The summed E-state index contributed by atoms with van der Waals surface area (Å²) in [6, 6.07) is 0. The first-order chi connectivity index (χ1) is 9.56. The van der Waals surface area contributed by atoms with E-state index in [4.69, 9.17) is 0 Å². The lowest BCUT2D eigenvalue weighted by Crippen LogP contribution is -2.25. The molecule has 0 radical (unpaired) electrons. The van der Waals surface area contributed by atoms with Gasteiger partial charge < -0.3 is 0 Å². The summed E-state index contributed by atoms with van der Waals surface area (Å²) in [6.45, 7) is 26.2. The molecular weight excluding hydrogens is 252 g/mol. The van der Waals surface area contributed by atoms with Gasteiger partial charge in [-0.1, -0.05) is 74.5 Å². The summed E-state index contributed by atoms with van der Waals surface area (Å²) >= 11 is 0. The number of allylic oxidation sites excluding steroid dienone is 1. The van der Waals surface area contributed by atoms with Crippen molar-refractivity contribution in [2.75, 3.05) is 0 Å². The first-order valence-corrected chi connectivity index (χ1v) is 9.25. The average molecular weight is 293 g/mol. The van der Waals surface area contributed by atoms with Gasteiger partial charge in [0.1, 0.15) is 0 Å². The number of hydrogen-bond acceptors (Lipinski definition) is 0. The molecule has 0 bridgehead atoms. The van der Waals surface area contributed by atoms with E-state index in [2.05, 4.69) is 68.9 Å². The summed E-state index contributed by atoms with van der Waals surface area (Å²) in [5, 5.41) is 0. The first-order valence-electron chi connectivity index (χ1n) is 9.25. The van der Waals surface area contributed by atoms with E-state index in [0.29, 0.717) is 11.3 Å². The van der Waals surface area contributed by atoms with Crippen molar-refractivity contribution in [3.05, 3.63) is 12.2 Å². The molecule has 5 unspecified atom stereocenters. The molecule has 21 heavy (non-hydrogen) atoms. The van der Waals surface area contributed by atoms with E-state index in [1.807, 2.05) is 0 Å². The lowest BCUT2D eigenvalue weighted by molar-refractivity contribution is 0.275. The van der Waals surface area contributed by atoms with Gasteiger partial charge >= 0.3 is 0 Å². The fourth-order valence-electron chi connectivity index (χ4n) is 5.13. The Labute approximate surface area is 134 Å². The quantitative estimate of drug-likeness (QED) is 0.431. The molecule has 1 rings (SSSR count). The van der Waals surface area contributed by atoms with Crippen molar-refractivity contribution in [2.24, 2.45) is 46.8 Å². The van der Waals surface area contributed by atoms with Crippen LogP contribution in [0.25, 0.3) is 0 Å². The van der Waals surface area contributed by atoms with Gasteiger partial charge in [-0.3, -0.25) is 0 Å². The van der Waals surface area contributed by atoms with Crippen LogP contribution in [-0.2, 0) is 0 Å². The normalized spacial score (nSPS) is 31.8. The molecule has 1 saturated carbocycles. The van der Waals surface area contributed by atoms with E-state index in [1.54, 1.807) is 5.57 Å². The van der Waals surface area contributed by atoms with Crippen LogP contribution in [0, 0.1) is 46.8 Å². The zero-order valence-corrected chi connectivity index (χ0v) is 16.2. The van der Waals surface area contributed by atoms with Crippen LogP contribution in [0.1, 0.15) is 75.2 Å². The maximum atomic E-state index is 4.65. The standard InChI is InChI=1S/C21H40/c1-13(2)11-16(7)17(8)18(9)21(15(5)6)19(10)20(21)12-14(3)4/h13-17,19-20H,9,11-12H2,1-8,10H3. The second kappa shape index (κ2) is 6.88. The van der Waals surface area contributed by atoms with Crippen LogP contribution in [0.3, 0.4) is 0 Å². The van der Waals surface area contributed by atoms with Crippen molar-refractivity contribution < 1.29 is 0 Å². The monoisotopic (exact) mass is 292 g/mol. The highest BCUT2D eigenvalue weighted by atomic mass is 14.7. The molecule has 124 valence electrons. The van der Waals surface area contributed by atoms with Crippen LogP contribution >= 0.6 is 0 Å². The summed E-state index contributed by atoms with van der Waals surface area (Å²) in [7, 11) is 0. The highest BCUT2D eigenvalue weighted by molar-refractivity contribution is 5.29. The van der Waals surface area contributed by atoms with Crippen LogP contribution < -0.4 is 0 Å². The molecule has 0 aromatic rings. The molecular formula is C21H40. The Morgan fingerprint density at radius 1 is 0.952 bits per heavy atom. The molecule has 5 atom stereocenters. The van der Waals surface area contributed by atoms with Crippen LogP contribution in [0.2, 0.25) is 0 Å². The van der Waals surface area contributed by atoms with Crippen LogP contribution in [0.4, 0.5) is 0 Å². The van der Waals surface area contributed by atoms with Crippen molar-refractivity contribution in [1.29, 1.82) is 0 Å². The second-order valence-electron chi connectivity index (χ2n) is 9.03. The SMILES string of the molecule is C=C(C(C)C(C)CC(C)C)C1(C(C)C)C(C)C1CC(C)C. The van der Waals surface area contributed by atoms with Gasteiger partial charge in [-0.2, -0.15) is 0 Å². The predicted molar refractivity (Wildman–Crippen MR) is 96.3 cm³/mol. The third-order valence-corrected chi connectivity index (χ3v) is 6.34. The van der Waals surface area contributed by atoms with Crippen molar-refractivity contribution in [1.82, 2.24) is 0 Å². The summed E-state index contributed by atoms with van der Waals surface area (Å²) in [5.74, 6) is 5.38. The second-order valence-corrected chi connectivity index (χ2v) is 9.03. The Bertz CT molecular complexity index is 349. The molecule has 0 amide bonds. The van der Waals surface area contributed by atoms with E-state index in [1.165, 1.54) is 12.8 Å². The highest BCUT2D eigenvalue weighted by Crippen LogP contribution is 2.70. The molecule has 1 aliphatic carbocycles. The highest BCUT2D eigenvalue weighted by Gasteiger charge is 2.64. The summed E-state index contributed by atoms with van der Waals surface area (Å²) in [4.78, 5) is 0. The minimum Gasteiger partial charge on any atom is -0.0990 e. The zero-order valence-electron chi connectivity index (χ0n) is 16.2. The molecule has 0 aromatic heterocycles. The van der Waals surface area contributed by atoms with Crippen LogP contribution in [0.15, 0.2) is 12.2 Å². The van der Waals surface area contributed by atoms with Crippen LogP contribution in [0.5, 0.6) is 0 Å². The lowest BCUT2D eigenvalue weighted by atomic mass is 9.71.